The molecule has 0 atom stereocenters. The van der Waals surface area contributed by atoms with Crippen LogP contribution in [0.15, 0.2) is 41.3 Å². The first kappa shape index (κ1) is 23.4. The number of hydrogen-bond acceptors (Lipinski definition) is 6. The Morgan fingerprint density at radius 3 is 2.38 bits per heavy atom. The Bertz CT molecular complexity index is 1170. The summed E-state index contributed by atoms with van der Waals surface area (Å²) < 4.78 is 32.3. The van der Waals surface area contributed by atoms with Crippen molar-refractivity contribution in [2.45, 2.75) is 44.6 Å². The van der Waals surface area contributed by atoms with Crippen molar-refractivity contribution in [1.29, 1.82) is 0 Å². The van der Waals surface area contributed by atoms with Gasteiger partial charge in [-0.2, -0.15) is 0 Å². The zero-order chi connectivity index (χ0) is 23.5. The summed E-state index contributed by atoms with van der Waals surface area (Å²) in [6.45, 7) is 4.67. The molecule has 0 bridgehead atoms. The number of urea groups is 1. The summed E-state index contributed by atoms with van der Waals surface area (Å²) in [6, 6.07) is 8.71. The lowest BCUT2D eigenvalue weighted by atomic mass is 10.1. The second kappa shape index (κ2) is 9.49. The third kappa shape index (κ3) is 6.14. The second-order valence-electron chi connectivity index (χ2n) is 7.77. The molecule has 170 valence electrons. The number of amides is 3. The quantitative estimate of drug-likeness (QED) is 0.546. The van der Waals surface area contributed by atoms with Gasteiger partial charge in [-0.1, -0.05) is 23.8 Å². The molecule has 0 unspecified atom stereocenters. The van der Waals surface area contributed by atoms with E-state index in [2.05, 4.69) is 15.4 Å². The van der Waals surface area contributed by atoms with Crippen LogP contribution >= 0.6 is 0 Å². The highest BCUT2D eigenvalue weighted by Gasteiger charge is 2.28. The molecular formula is C22H25N3O6S. The van der Waals surface area contributed by atoms with Crippen molar-refractivity contribution in [3.63, 3.8) is 0 Å². The Balaban J connectivity index is 1.57. The van der Waals surface area contributed by atoms with Crippen molar-refractivity contribution >= 4 is 33.6 Å². The zero-order valence-electron chi connectivity index (χ0n) is 18.0. The Kier molecular flexibility index (Phi) is 6.95. The number of carbonyl (C=O) groups excluding carboxylic acids is 3. The predicted molar refractivity (Wildman–Crippen MR) is 118 cm³/mol. The molecule has 2 aromatic rings. The van der Waals surface area contributed by atoms with Gasteiger partial charge in [0.2, 0.25) is 10.0 Å². The number of imide groups is 1. The molecule has 32 heavy (non-hydrogen) atoms. The number of nitrogens with one attached hydrogen (secondary N) is 3. The monoisotopic (exact) mass is 459 g/mol. The molecule has 9 nitrogen and oxygen atoms in total. The molecule has 0 saturated heterocycles. The van der Waals surface area contributed by atoms with E-state index in [4.69, 9.17) is 4.74 Å². The summed E-state index contributed by atoms with van der Waals surface area (Å²) in [5, 5.41) is 4.64. The van der Waals surface area contributed by atoms with Crippen LogP contribution in [-0.4, -0.2) is 39.0 Å². The van der Waals surface area contributed by atoms with Gasteiger partial charge >= 0.3 is 12.0 Å². The van der Waals surface area contributed by atoms with E-state index in [1.807, 2.05) is 26.0 Å². The van der Waals surface area contributed by atoms with E-state index in [-0.39, 0.29) is 16.5 Å². The zero-order valence-corrected chi connectivity index (χ0v) is 18.8. The highest BCUT2D eigenvalue weighted by atomic mass is 32.2. The number of esters is 1. The predicted octanol–water partition coefficient (Wildman–Crippen LogP) is 2.56. The molecule has 1 fully saturated rings. The van der Waals surface area contributed by atoms with Crippen LogP contribution in [0.1, 0.15) is 39.9 Å². The fraction of sp³-hybridized carbons (Fsp3) is 0.318. The van der Waals surface area contributed by atoms with E-state index in [1.54, 1.807) is 13.0 Å². The van der Waals surface area contributed by atoms with Crippen LogP contribution in [0.2, 0.25) is 0 Å². The van der Waals surface area contributed by atoms with Gasteiger partial charge in [-0.15, -0.1) is 0 Å². The molecule has 1 aliphatic carbocycles. The summed E-state index contributed by atoms with van der Waals surface area (Å²) >= 11 is 0. The number of ether oxygens (including phenoxy) is 1. The van der Waals surface area contributed by atoms with Gasteiger partial charge in [-0.25, -0.2) is 22.7 Å². The molecule has 3 amide bonds. The maximum Gasteiger partial charge on any atom is 0.338 e. The molecule has 0 heterocycles. The molecule has 0 aromatic heterocycles. The van der Waals surface area contributed by atoms with E-state index in [0.717, 1.165) is 24.0 Å². The molecule has 1 aliphatic rings. The number of benzene rings is 2. The molecule has 0 aliphatic heterocycles. The molecule has 0 radical (unpaired) electrons. The first-order valence-corrected chi connectivity index (χ1v) is 11.5. The molecule has 0 spiro atoms. The lowest BCUT2D eigenvalue weighted by Gasteiger charge is -2.11. The van der Waals surface area contributed by atoms with Gasteiger partial charge in [0.15, 0.2) is 6.61 Å². The van der Waals surface area contributed by atoms with E-state index < -0.39 is 34.5 Å². The van der Waals surface area contributed by atoms with Crippen LogP contribution in [0.5, 0.6) is 0 Å². The topological polar surface area (TPSA) is 131 Å². The average Bonchev–Trinajstić information content (AvgIpc) is 3.51. The summed E-state index contributed by atoms with van der Waals surface area (Å²) in [6.07, 6.45) is 1.57. The smallest absolute Gasteiger partial charge is 0.338 e. The third-order valence-corrected chi connectivity index (χ3v) is 6.37. The molecule has 3 rings (SSSR count). The summed E-state index contributed by atoms with van der Waals surface area (Å²) in [5.74, 6) is -1.69. The highest BCUT2D eigenvalue weighted by molar-refractivity contribution is 7.89. The Labute approximate surface area is 186 Å². The molecule has 3 N–H and O–H groups in total. The number of rotatable bonds is 7. The van der Waals surface area contributed by atoms with E-state index >= 15 is 0 Å². The van der Waals surface area contributed by atoms with Crippen LogP contribution in [0.4, 0.5) is 10.5 Å². The number of anilines is 1. The van der Waals surface area contributed by atoms with Crippen LogP contribution in [0, 0.1) is 20.8 Å². The minimum absolute atomic E-state index is 0.0243. The van der Waals surface area contributed by atoms with E-state index in [0.29, 0.717) is 11.3 Å². The van der Waals surface area contributed by atoms with Gasteiger partial charge in [-0.3, -0.25) is 10.1 Å². The lowest BCUT2D eigenvalue weighted by Crippen LogP contribution is -2.37. The number of sulfonamides is 1. The van der Waals surface area contributed by atoms with Crippen molar-refractivity contribution in [2.75, 3.05) is 11.9 Å². The SMILES string of the molecule is Cc1ccc(NC(=O)NC(=O)COC(=O)c2cc(S(=O)(=O)NC3CC3)ccc2C)c(C)c1. The fourth-order valence-electron chi connectivity index (χ4n) is 2.96. The lowest BCUT2D eigenvalue weighted by molar-refractivity contribution is -0.123. The van der Waals surface area contributed by atoms with Crippen molar-refractivity contribution in [3.05, 3.63) is 58.7 Å². The second-order valence-corrected chi connectivity index (χ2v) is 9.48. The summed E-state index contributed by atoms with van der Waals surface area (Å²) in [4.78, 5) is 36.4. The molecule has 2 aromatic carbocycles. The average molecular weight is 460 g/mol. The highest BCUT2D eigenvalue weighted by Crippen LogP contribution is 2.23. The normalized spacial score (nSPS) is 13.3. The van der Waals surface area contributed by atoms with Crippen LogP contribution < -0.4 is 15.4 Å². The van der Waals surface area contributed by atoms with Crippen molar-refractivity contribution in [3.8, 4) is 0 Å². The van der Waals surface area contributed by atoms with Gasteiger partial charge in [0.25, 0.3) is 5.91 Å². The number of carbonyl (C=O) groups is 3. The van der Waals surface area contributed by atoms with Gasteiger partial charge in [0.1, 0.15) is 0 Å². The van der Waals surface area contributed by atoms with Crippen molar-refractivity contribution in [1.82, 2.24) is 10.0 Å². The van der Waals surface area contributed by atoms with Gasteiger partial charge in [0.05, 0.1) is 10.5 Å². The van der Waals surface area contributed by atoms with Crippen LogP contribution in [-0.2, 0) is 19.6 Å². The first-order valence-electron chi connectivity index (χ1n) is 10.0. The van der Waals surface area contributed by atoms with Gasteiger partial charge in [-0.05, 0) is 62.9 Å². The molecular weight excluding hydrogens is 434 g/mol. The summed E-state index contributed by atoms with van der Waals surface area (Å²) in [5.41, 5.74) is 2.93. The van der Waals surface area contributed by atoms with Crippen molar-refractivity contribution < 1.29 is 27.5 Å². The third-order valence-electron chi connectivity index (χ3n) is 4.86. The van der Waals surface area contributed by atoms with E-state index in [9.17, 15) is 22.8 Å². The van der Waals surface area contributed by atoms with Crippen LogP contribution in [0.3, 0.4) is 0 Å². The Morgan fingerprint density at radius 1 is 1.00 bits per heavy atom. The largest absolute Gasteiger partial charge is 0.452 e. The number of aryl methyl sites for hydroxylation is 3. The molecule has 1 saturated carbocycles. The van der Waals surface area contributed by atoms with Crippen LogP contribution in [0.25, 0.3) is 0 Å². The van der Waals surface area contributed by atoms with Gasteiger partial charge < -0.3 is 10.1 Å². The minimum Gasteiger partial charge on any atom is -0.452 e. The first-order chi connectivity index (χ1) is 15.0. The minimum atomic E-state index is -3.74. The fourth-order valence-corrected chi connectivity index (χ4v) is 4.29. The van der Waals surface area contributed by atoms with E-state index in [1.165, 1.54) is 18.2 Å². The Morgan fingerprint density at radius 2 is 1.72 bits per heavy atom. The Hall–Kier alpha value is -3.24. The number of hydrogen-bond donors (Lipinski definition) is 3. The molecule has 10 heteroatoms. The maximum atomic E-state index is 12.4. The van der Waals surface area contributed by atoms with Crippen molar-refractivity contribution in [2.24, 2.45) is 0 Å². The summed E-state index contributed by atoms with van der Waals surface area (Å²) in [7, 11) is -3.74. The maximum absolute atomic E-state index is 12.4. The van der Waals surface area contributed by atoms with Gasteiger partial charge in [0, 0.05) is 11.7 Å². The standard InChI is InChI=1S/C22H25N3O6S/c1-13-4-9-19(15(3)10-13)23-22(28)24-20(26)12-31-21(27)18-11-17(8-5-14(18)2)32(29,30)25-16-6-7-16/h4-5,8-11,16,25H,6-7,12H2,1-3H3,(H2,23,24,26,28).